The predicted octanol–water partition coefficient (Wildman–Crippen LogP) is 4.74. The topological polar surface area (TPSA) is 21.3 Å². The van der Waals surface area contributed by atoms with Gasteiger partial charge in [0, 0.05) is 12.0 Å². The fourth-order valence-corrected chi connectivity index (χ4v) is 5.41. The number of hydrogen-bond acceptors (Lipinski definition) is 3. The fraction of sp³-hybridized carbons (Fsp3) is 0.692. The second kappa shape index (κ2) is 6.84. The monoisotopic (exact) mass is 395 g/mol. The highest BCUT2D eigenvalue weighted by Gasteiger charge is 2.32. The molecule has 1 aliphatic rings. The normalized spacial score (nSPS) is 25.6. The maximum atomic E-state index is 5.73. The van der Waals surface area contributed by atoms with Gasteiger partial charge in [-0.2, -0.15) is 0 Å². The van der Waals surface area contributed by atoms with Crippen LogP contribution >= 0.6 is 43.2 Å². The Morgan fingerprint density at radius 3 is 2.83 bits per heavy atom. The van der Waals surface area contributed by atoms with Crippen LogP contribution in [0.1, 0.15) is 38.3 Å². The van der Waals surface area contributed by atoms with E-state index in [0.29, 0.717) is 18.1 Å². The first kappa shape index (κ1) is 15.0. The van der Waals surface area contributed by atoms with Crippen molar-refractivity contribution in [1.29, 1.82) is 0 Å². The average molecular weight is 397 g/mol. The molecule has 1 aromatic rings. The quantitative estimate of drug-likeness (QED) is 0.775. The molecule has 5 heteroatoms. The Kier molecular flexibility index (Phi) is 5.69. The third-order valence-corrected chi connectivity index (χ3v) is 5.72. The molecule has 0 spiro atoms. The summed E-state index contributed by atoms with van der Waals surface area (Å²) in [6.07, 6.45) is 2.69. The lowest BCUT2D eigenvalue weighted by molar-refractivity contribution is 0.117. The Labute approximate surface area is 130 Å². The van der Waals surface area contributed by atoms with E-state index in [-0.39, 0.29) is 0 Å². The average Bonchev–Trinajstić information content (AvgIpc) is 2.87. The van der Waals surface area contributed by atoms with E-state index in [9.17, 15) is 0 Å². The summed E-state index contributed by atoms with van der Waals surface area (Å²) in [5.41, 5.74) is 1.36. The van der Waals surface area contributed by atoms with Gasteiger partial charge in [-0.1, -0.05) is 6.92 Å². The zero-order valence-corrected chi connectivity index (χ0v) is 14.7. The van der Waals surface area contributed by atoms with Crippen molar-refractivity contribution in [2.24, 2.45) is 5.92 Å². The first-order valence-electron chi connectivity index (χ1n) is 6.41. The van der Waals surface area contributed by atoms with Crippen LogP contribution in [0.2, 0.25) is 0 Å². The van der Waals surface area contributed by atoms with E-state index in [1.807, 2.05) is 0 Å². The van der Waals surface area contributed by atoms with E-state index in [2.05, 4.69) is 57.1 Å². The van der Waals surface area contributed by atoms with E-state index < -0.39 is 0 Å². The minimum atomic E-state index is 0.391. The predicted molar refractivity (Wildman–Crippen MR) is 84.3 cm³/mol. The molecule has 0 saturated carbocycles. The van der Waals surface area contributed by atoms with Crippen molar-refractivity contribution in [3.8, 4) is 0 Å². The van der Waals surface area contributed by atoms with Crippen molar-refractivity contribution >= 4 is 43.2 Å². The molecule has 3 unspecified atom stereocenters. The number of hydrogen-bond donors (Lipinski definition) is 1. The van der Waals surface area contributed by atoms with Gasteiger partial charge in [0.25, 0.3) is 0 Å². The zero-order valence-electron chi connectivity index (χ0n) is 10.7. The van der Waals surface area contributed by atoms with Crippen LogP contribution in [0.3, 0.4) is 0 Å². The third-order valence-electron chi connectivity index (χ3n) is 3.33. The Morgan fingerprint density at radius 1 is 1.56 bits per heavy atom. The molecule has 0 radical (unpaired) electrons. The van der Waals surface area contributed by atoms with Gasteiger partial charge in [0.1, 0.15) is 0 Å². The van der Waals surface area contributed by atoms with Gasteiger partial charge in [-0.05, 0) is 69.8 Å². The standard InChI is InChI=1S/C13H19Br2NOS/c1-3-4-16-12(9-5-8(2)17-7-9)10-6-11(14)18-13(10)15/h6,8-9,12,16H,3-5,7H2,1-2H3. The highest BCUT2D eigenvalue weighted by atomic mass is 79.9. The SMILES string of the molecule is CCCNC(c1cc(Br)sc1Br)C1COC(C)C1. The number of halogens is 2. The molecule has 2 heterocycles. The lowest BCUT2D eigenvalue weighted by atomic mass is 9.92. The van der Waals surface area contributed by atoms with E-state index in [1.54, 1.807) is 11.3 Å². The van der Waals surface area contributed by atoms with E-state index in [4.69, 9.17) is 4.74 Å². The largest absolute Gasteiger partial charge is 0.378 e. The maximum absolute atomic E-state index is 5.73. The molecule has 0 amide bonds. The summed E-state index contributed by atoms with van der Waals surface area (Å²) in [7, 11) is 0. The van der Waals surface area contributed by atoms with Crippen molar-refractivity contribution in [3.05, 3.63) is 19.2 Å². The first-order valence-corrected chi connectivity index (χ1v) is 8.81. The summed E-state index contributed by atoms with van der Waals surface area (Å²) in [6, 6.07) is 2.62. The van der Waals surface area contributed by atoms with Crippen molar-refractivity contribution in [2.75, 3.05) is 13.2 Å². The summed E-state index contributed by atoms with van der Waals surface area (Å²) in [6.45, 7) is 6.28. The van der Waals surface area contributed by atoms with E-state index in [1.165, 1.54) is 13.1 Å². The summed E-state index contributed by atoms with van der Waals surface area (Å²) in [4.78, 5) is 0. The first-order chi connectivity index (χ1) is 8.61. The van der Waals surface area contributed by atoms with Gasteiger partial charge >= 0.3 is 0 Å². The lowest BCUT2D eigenvalue weighted by Gasteiger charge is -2.23. The highest BCUT2D eigenvalue weighted by Crippen LogP contribution is 2.40. The Morgan fingerprint density at radius 2 is 2.33 bits per heavy atom. The minimum absolute atomic E-state index is 0.391. The van der Waals surface area contributed by atoms with E-state index in [0.717, 1.165) is 26.0 Å². The summed E-state index contributed by atoms with van der Waals surface area (Å²) in [5.74, 6) is 0.573. The van der Waals surface area contributed by atoms with Gasteiger partial charge in [-0.15, -0.1) is 11.3 Å². The Bertz CT molecular complexity index is 396. The number of nitrogens with one attached hydrogen (secondary N) is 1. The molecule has 1 fully saturated rings. The molecule has 3 atom stereocenters. The molecule has 1 aliphatic heterocycles. The van der Waals surface area contributed by atoms with Gasteiger partial charge < -0.3 is 10.1 Å². The van der Waals surface area contributed by atoms with Crippen LogP contribution < -0.4 is 5.32 Å². The van der Waals surface area contributed by atoms with Crippen LogP contribution in [-0.2, 0) is 4.74 Å². The van der Waals surface area contributed by atoms with Crippen LogP contribution in [0.25, 0.3) is 0 Å². The number of rotatable bonds is 5. The minimum Gasteiger partial charge on any atom is -0.378 e. The van der Waals surface area contributed by atoms with Gasteiger partial charge in [0.2, 0.25) is 0 Å². The van der Waals surface area contributed by atoms with Gasteiger partial charge in [0.15, 0.2) is 0 Å². The molecule has 18 heavy (non-hydrogen) atoms. The molecule has 2 nitrogen and oxygen atoms in total. The van der Waals surface area contributed by atoms with Gasteiger partial charge in [-0.3, -0.25) is 0 Å². The van der Waals surface area contributed by atoms with Crippen LogP contribution in [0.5, 0.6) is 0 Å². The third kappa shape index (κ3) is 3.57. The molecular formula is C13H19Br2NOS. The van der Waals surface area contributed by atoms with Crippen LogP contribution in [-0.4, -0.2) is 19.3 Å². The maximum Gasteiger partial charge on any atom is 0.0758 e. The smallest absolute Gasteiger partial charge is 0.0758 e. The second-order valence-corrected chi connectivity index (χ2v) is 8.60. The Hall–Kier alpha value is 0.580. The zero-order chi connectivity index (χ0) is 13.1. The molecule has 102 valence electrons. The second-order valence-electron chi connectivity index (χ2n) is 4.85. The molecule has 0 aliphatic carbocycles. The number of thiophene rings is 1. The highest BCUT2D eigenvalue weighted by molar-refractivity contribution is 9.12. The summed E-state index contributed by atoms with van der Waals surface area (Å²) < 4.78 is 8.14. The molecule has 1 N–H and O–H groups in total. The van der Waals surface area contributed by atoms with Crippen LogP contribution in [0.4, 0.5) is 0 Å². The molecule has 2 rings (SSSR count). The fourth-order valence-electron chi connectivity index (χ4n) is 2.48. The van der Waals surface area contributed by atoms with Crippen molar-refractivity contribution < 1.29 is 4.74 Å². The van der Waals surface area contributed by atoms with Crippen LogP contribution in [0, 0.1) is 5.92 Å². The molecular weight excluding hydrogens is 378 g/mol. The summed E-state index contributed by atoms with van der Waals surface area (Å²) >= 11 is 8.99. The van der Waals surface area contributed by atoms with Crippen molar-refractivity contribution in [2.45, 2.75) is 38.8 Å². The van der Waals surface area contributed by atoms with Crippen molar-refractivity contribution in [3.63, 3.8) is 0 Å². The molecule has 1 saturated heterocycles. The van der Waals surface area contributed by atoms with Crippen LogP contribution in [0.15, 0.2) is 13.6 Å². The van der Waals surface area contributed by atoms with Crippen molar-refractivity contribution in [1.82, 2.24) is 5.32 Å². The van der Waals surface area contributed by atoms with Gasteiger partial charge in [0.05, 0.1) is 20.3 Å². The van der Waals surface area contributed by atoms with E-state index >= 15 is 0 Å². The summed E-state index contributed by atoms with van der Waals surface area (Å²) in [5, 5.41) is 3.68. The number of ether oxygens (including phenoxy) is 1. The molecule has 0 aromatic carbocycles. The molecule has 0 bridgehead atoms. The van der Waals surface area contributed by atoms with Gasteiger partial charge in [-0.25, -0.2) is 0 Å². The lowest BCUT2D eigenvalue weighted by Crippen LogP contribution is -2.29. The Balaban J connectivity index is 2.16. The molecule has 1 aromatic heterocycles.